The van der Waals surface area contributed by atoms with Gasteiger partial charge in [0.2, 0.25) is 0 Å². The van der Waals surface area contributed by atoms with Gasteiger partial charge in [0.15, 0.2) is 0 Å². The molecule has 0 spiro atoms. The molecule has 1 atom stereocenters. The Kier molecular flexibility index (Phi) is 7.35. The highest BCUT2D eigenvalue weighted by atomic mass is 15.0. The third-order valence-corrected chi connectivity index (χ3v) is 2.90. The van der Waals surface area contributed by atoms with E-state index in [1.807, 2.05) is 0 Å². The third kappa shape index (κ3) is 8.29. The first-order valence-corrected chi connectivity index (χ1v) is 5.68. The van der Waals surface area contributed by atoms with E-state index in [1.165, 1.54) is 32.2 Å². The maximum absolute atomic E-state index is 2.37. The number of hydrogen-bond acceptors (Lipinski definition) is 1. The Labute approximate surface area is 84.5 Å². The van der Waals surface area contributed by atoms with Gasteiger partial charge < -0.3 is 4.90 Å². The van der Waals surface area contributed by atoms with E-state index in [1.54, 1.807) is 0 Å². The first-order chi connectivity index (χ1) is 6.04. The lowest BCUT2D eigenvalue weighted by molar-refractivity contribution is 0.357. The maximum Gasteiger partial charge on any atom is -0.00248 e. The quantitative estimate of drug-likeness (QED) is 0.549. The van der Waals surface area contributed by atoms with Crippen LogP contribution in [0.3, 0.4) is 0 Å². The zero-order chi connectivity index (χ0) is 10.3. The Morgan fingerprint density at radius 1 is 0.923 bits per heavy atom. The van der Waals surface area contributed by atoms with E-state index in [9.17, 15) is 0 Å². The normalized spacial score (nSPS) is 14.1. The van der Waals surface area contributed by atoms with Crippen LogP contribution in [0.5, 0.6) is 0 Å². The molecule has 0 bridgehead atoms. The van der Waals surface area contributed by atoms with Crippen LogP contribution in [-0.2, 0) is 0 Å². The van der Waals surface area contributed by atoms with Crippen LogP contribution in [0.2, 0.25) is 0 Å². The van der Waals surface area contributed by atoms with Gasteiger partial charge in [-0.1, -0.05) is 40.0 Å². The molecule has 0 aromatic heterocycles. The van der Waals surface area contributed by atoms with Crippen molar-refractivity contribution in [2.24, 2.45) is 11.8 Å². The molecule has 0 amide bonds. The van der Waals surface area contributed by atoms with Crippen molar-refractivity contribution in [3.05, 3.63) is 0 Å². The molecule has 1 nitrogen and oxygen atoms in total. The number of unbranched alkanes of at least 4 members (excludes halogenated alkanes) is 2. The molecule has 0 saturated heterocycles. The van der Waals surface area contributed by atoms with Crippen LogP contribution in [0.1, 0.15) is 46.5 Å². The molecule has 0 aliphatic rings. The maximum atomic E-state index is 2.37. The summed E-state index contributed by atoms with van der Waals surface area (Å²) in [4.78, 5) is 2.27. The van der Waals surface area contributed by atoms with Crippen molar-refractivity contribution in [2.45, 2.75) is 46.5 Å². The van der Waals surface area contributed by atoms with Crippen molar-refractivity contribution in [1.82, 2.24) is 4.90 Å². The lowest BCUT2D eigenvalue weighted by Gasteiger charge is -2.15. The molecular formula is C12H27N. The lowest BCUT2D eigenvalue weighted by atomic mass is 9.92. The molecule has 0 N–H and O–H groups in total. The Hall–Kier alpha value is -0.0400. The number of nitrogens with zero attached hydrogens (tertiary/aromatic N) is 1. The van der Waals surface area contributed by atoms with Gasteiger partial charge >= 0.3 is 0 Å². The van der Waals surface area contributed by atoms with Crippen molar-refractivity contribution >= 4 is 0 Å². The zero-order valence-electron chi connectivity index (χ0n) is 10.1. The Bertz CT molecular complexity index is 108. The van der Waals surface area contributed by atoms with Gasteiger partial charge in [-0.2, -0.15) is 0 Å². The topological polar surface area (TPSA) is 3.24 Å². The first-order valence-electron chi connectivity index (χ1n) is 5.68. The summed E-state index contributed by atoms with van der Waals surface area (Å²) >= 11 is 0. The van der Waals surface area contributed by atoms with E-state index in [0.29, 0.717) is 0 Å². The van der Waals surface area contributed by atoms with E-state index in [2.05, 4.69) is 39.8 Å². The molecule has 80 valence electrons. The van der Waals surface area contributed by atoms with Crippen molar-refractivity contribution in [1.29, 1.82) is 0 Å². The first kappa shape index (κ1) is 13.0. The van der Waals surface area contributed by atoms with Crippen molar-refractivity contribution < 1.29 is 0 Å². The van der Waals surface area contributed by atoms with Crippen LogP contribution >= 0.6 is 0 Å². The minimum absolute atomic E-state index is 0.855. The predicted molar refractivity (Wildman–Crippen MR) is 61.0 cm³/mol. The van der Waals surface area contributed by atoms with Gasteiger partial charge in [-0.05, 0) is 38.9 Å². The molecule has 1 heteroatoms. The molecule has 1 unspecified atom stereocenters. The highest BCUT2D eigenvalue weighted by Crippen LogP contribution is 2.17. The van der Waals surface area contributed by atoms with E-state index in [4.69, 9.17) is 0 Å². The molecule has 0 fully saturated rings. The summed E-state index contributed by atoms with van der Waals surface area (Å²) < 4.78 is 0. The molecule has 0 heterocycles. The van der Waals surface area contributed by atoms with Crippen LogP contribution in [-0.4, -0.2) is 25.5 Å². The van der Waals surface area contributed by atoms with Gasteiger partial charge in [0, 0.05) is 0 Å². The van der Waals surface area contributed by atoms with E-state index >= 15 is 0 Å². The summed E-state index contributed by atoms with van der Waals surface area (Å²) in [5.74, 6) is 1.76. The molecular weight excluding hydrogens is 158 g/mol. The number of rotatable bonds is 7. The molecule has 0 aromatic carbocycles. The van der Waals surface area contributed by atoms with Crippen LogP contribution in [0, 0.1) is 11.8 Å². The molecule has 13 heavy (non-hydrogen) atoms. The Morgan fingerprint density at radius 3 is 2.00 bits per heavy atom. The minimum atomic E-state index is 0.855. The van der Waals surface area contributed by atoms with Gasteiger partial charge in [0.25, 0.3) is 0 Å². The zero-order valence-corrected chi connectivity index (χ0v) is 10.1. The van der Waals surface area contributed by atoms with Gasteiger partial charge in [-0.3, -0.25) is 0 Å². The average molecular weight is 185 g/mol. The van der Waals surface area contributed by atoms with E-state index < -0.39 is 0 Å². The fraction of sp³-hybridized carbons (Fsp3) is 1.00. The monoisotopic (exact) mass is 185 g/mol. The van der Waals surface area contributed by atoms with Gasteiger partial charge in [-0.15, -0.1) is 0 Å². The van der Waals surface area contributed by atoms with Gasteiger partial charge in [0.1, 0.15) is 0 Å². The van der Waals surface area contributed by atoms with Crippen molar-refractivity contribution in [2.75, 3.05) is 20.6 Å². The fourth-order valence-electron chi connectivity index (χ4n) is 1.40. The summed E-state index contributed by atoms with van der Waals surface area (Å²) in [7, 11) is 4.30. The minimum Gasteiger partial charge on any atom is -0.309 e. The Morgan fingerprint density at radius 2 is 1.54 bits per heavy atom. The second-order valence-electron chi connectivity index (χ2n) is 4.87. The molecule has 0 aromatic rings. The third-order valence-electron chi connectivity index (χ3n) is 2.90. The molecule has 0 saturated carbocycles. The fourth-order valence-corrected chi connectivity index (χ4v) is 1.40. The smallest absolute Gasteiger partial charge is 0.00248 e. The highest BCUT2D eigenvalue weighted by Gasteiger charge is 2.05. The summed E-state index contributed by atoms with van der Waals surface area (Å²) in [5, 5.41) is 0. The Balaban J connectivity index is 3.16. The average Bonchev–Trinajstić information content (AvgIpc) is 2.02. The predicted octanol–water partition coefficient (Wildman–Crippen LogP) is 3.40. The van der Waals surface area contributed by atoms with Gasteiger partial charge in [-0.25, -0.2) is 0 Å². The van der Waals surface area contributed by atoms with E-state index in [-0.39, 0.29) is 0 Å². The largest absolute Gasteiger partial charge is 0.309 e. The SMILES string of the molecule is CC(C)C(C)CCCCCN(C)C. The second kappa shape index (κ2) is 7.37. The van der Waals surface area contributed by atoms with Crippen molar-refractivity contribution in [3.63, 3.8) is 0 Å². The van der Waals surface area contributed by atoms with Gasteiger partial charge in [0.05, 0.1) is 0 Å². The van der Waals surface area contributed by atoms with Crippen LogP contribution in [0.25, 0.3) is 0 Å². The molecule has 0 aliphatic carbocycles. The van der Waals surface area contributed by atoms with Crippen molar-refractivity contribution in [3.8, 4) is 0 Å². The molecule has 0 rings (SSSR count). The second-order valence-corrected chi connectivity index (χ2v) is 4.87. The van der Waals surface area contributed by atoms with Crippen LogP contribution in [0.4, 0.5) is 0 Å². The summed E-state index contributed by atoms with van der Waals surface area (Å²) in [5.41, 5.74) is 0. The summed E-state index contributed by atoms with van der Waals surface area (Å²) in [6.45, 7) is 8.27. The van der Waals surface area contributed by atoms with E-state index in [0.717, 1.165) is 11.8 Å². The van der Waals surface area contributed by atoms with Crippen LogP contribution in [0.15, 0.2) is 0 Å². The number of hydrogen-bond donors (Lipinski definition) is 0. The lowest BCUT2D eigenvalue weighted by Crippen LogP contribution is -2.12. The van der Waals surface area contributed by atoms with Crippen LogP contribution < -0.4 is 0 Å². The summed E-state index contributed by atoms with van der Waals surface area (Å²) in [6.07, 6.45) is 5.57. The molecule has 0 aliphatic heterocycles. The summed E-state index contributed by atoms with van der Waals surface area (Å²) in [6, 6.07) is 0. The molecule has 0 radical (unpaired) electrons. The highest BCUT2D eigenvalue weighted by molar-refractivity contribution is 4.57. The standard InChI is InChI=1S/C12H27N/c1-11(2)12(3)9-7-6-8-10-13(4)5/h11-12H,6-10H2,1-5H3.